The molecule has 3 rings (SSSR count). The number of carbonyl (C=O) groups is 1. The number of anilines is 1. The van der Waals surface area contributed by atoms with Gasteiger partial charge < -0.3 is 19.5 Å². The van der Waals surface area contributed by atoms with E-state index in [-0.39, 0.29) is 16.2 Å². The number of ether oxygens (including phenoxy) is 3. The number of carbonyl (C=O) groups excluding carboxylic acids is 1. The summed E-state index contributed by atoms with van der Waals surface area (Å²) in [5.41, 5.74) is 0.592. The molecule has 1 amide bonds. The van der Waals surface area contributed by atoms with Gasteiger partial charge in [-0.2, -0.15) is 9.57 Å². The minimum Gasteiger partial charge on any atom is -0.493 e. The van der Waals surface area contributed by atoms with Crippen molar-refractivity contribution in [1.82, 2.24) is 4.31 Å². The zero-order valence-electron chi connectivity index (χ0n) is 20.0. The van der Waals surface area contributed by atoms with Crippen molar-refractivity contribution in [2.75, 3.05) is 39.2 Å². The summed E-state index contributed by atoms with van der Waals surface area (Å²) in [7, 11) is -0.697. The molecule has 10 heteroatoms. The lowest BCUT2D eigenvalue weighted by Gasteiger charge is -2.26. The van der Waals surface area contributed by atoms with Gasteiger partial charge in [0.25, 0.3) is 5.91 Å². The van der Waals surface area contributed by atoms with Crippen molar-refractivity contribution in [3.63, 3.8) is 0 Å². The molecule has 186 valence electrons. The number of amides is 1. The third-order valence-corrected chi connectivity index (χ3v) is 7.39. The minimum absolute atomic E-state index is 0.0978. The number of nitriles is 1. The van der Waals surface area contributed by atoms with E-state index in [1.807, 2.05) is 13.0 Å². The van der Waals surface area contributed by atoms with Crippen molar-refractivity contribution in [2.45, 2.75) is 31.1 Å². The van der Waals surface area contributed by atoms with Crippen LogP contribution in [0.1, 0.15) is 31.7 Å². The second-order valence-corrected chi connectivity index (χ2v) is 9.74. The second-order valence-electron chi connectivity index (χ2n) is 7.80. The van der Waals surface area contributed by atoms with Crippen LogP contribution in [0.2, 0.25) is 0 Å². The fourth-order valence-electron chi connectivity index (χ4n) is 3.77. The van der Waals surface area contributed by atoms with Crippen LogP contribution in [0.25, 0.3) is 6.08 Å². The van der Waals surface area contributed by atoms with E-state index < -0.39 is 15.9 Å². The largest absolute Gasteiger partial charge is 0.493 e. The van der Waals surface area contributed by atoms with E-state index in [4.69, 9.17) is 14.2 Å². The molecule has 35 heavy (non-hydrogen) atoms. The summed E-state index contributed by atoms with van der Waals surface area (Å²) in [6, 6.07) is 11.2. The first kappa shape index (κ1) is 26.1. The second kappa shape index (κ2) is 11.7. The summed E-state index contributed by atoms with van der Waals surface area (Å²) in [4.78, 5) is 12.9. The molecule has 9 nitrogen and oxygen atoms in total. The van der Waals surface area contributed by atoms with Crippen LogP contribution in [-0.2, 0) is 14.8 Å². The lowest BCUT2D eigenvalue weighted by Crippen LogP contribution is -2.35. The number of benzene rings is 2. The number of piperidine rings is 1. The summed E-state index contributed by atoms with van der Waals surface area (Å²) in [5, 5.41) is 12.2. The Kier molecular flexibility index (Phi) is 8.73. The van der Waals surface area contributed by atoms with Crippen LogP contribution >= 0.6 is 0 Å². The molecular weight excluding hydrogens is 470 g/mol. The Morgan fingerprint density at radius 1 is 1.11 bits per heavy atom. The molecule has 2 aromatic rings. The van der Waals surface area contributed by atoms with Gasteiger partial charge in [-0.3, -0.25) is 4.79 Å². The van der Waals surface area contributed by atoms with Crippen LogP contribution in [0.3, 0.4) is 0 Å². The highest BCUT2D eigenvalue weighted by atomic mass is 32.2. The van der Waals surface area contributed by atoms with E-state index in [9.17, 15) is 18.5 Å². The lowest BCUT2D eigenvalue weighted by atomic mass is 10.1. The molecule has 1 saturated heterocycles. The molecule has 1 heterocycles. The number of sulfonamides is 1. The molecule has 0 spiro atoms. The van der Waals surface area contributed by atoms with Gasteiger partial charge in [-0.15, -0.1) is 0 Å². The van der Waals surface area contributed by atoms with Gasteiger partial charge in [-0.05, 0) is 61.7 Å². The molecular formula is C25H29N3O6S. The molecule has 2 aromatic carbocycles. The number of nitrogens with zero attached hydrogens (tertiary/aromatic N) is 2. The maximum Gasteiger partial charge on any atom is 0.266 e. The molecule has 0 saturated carbocycles. The zero-order chi connectivity index (χ0) is 25.4. The van der Waals surface area contributed by atoms with Gasteiger partial charge in [-0.1, -0.05) is 12.5 Å². The van der Waals surface area contributed by atoms with E-state index >= 15 is 0 Å². The molecule has 0 radical (unpaired) electrons. The van der Waals surface area contributed by atoms with Crippen molar-refractivity contribution in [2.24, 2.45) is 0 Å². The standard InChI is InChI=1S/C25H29N3O6S/c1-4-34-24-22(32-2)14-18(15-23(24)33-3)13-19(17-26)25(29)27-20-9-8-10-21(16-20)35(30,31)28-11-6-5-7-12-28/h8-10,13-16H,4-7,11-12H2,1-3H3,(H,27,29)/b19-13-. The smallest absolute Gasteiger partial charge is 0.266 e. The normalized spacial score (nSPS) is 14.6. The number of methoxy groups -OCH3 is 2. The predicted octanol–water partition coefficient (Wildman–Crippen LogP) is 3.82. The average Bonchev–Trinajstić information content (AvgIpc) is 2.88. The van der Waals surface area contributed by atoms with E-state index in [0.29, 0.717) is 42.5 Å². The predicted molar refractivity (Wildman–Crippen MR) is 132 cm³/mol. The zero-order valence-corrected chi connectivity index (χ0v) is 20.9. The molecule has 1 aliphatic heterocycles. The Balaban J connectivity index is 1.85. The van der Waals surface area contributed by atoms with Crippen molar-refractivity contribution < 1.29 is 27.4 Å². The Morgan fingerprint density at radius 3 is 2.34 bits per heavy atom. The van der Waals surface area contributed by atoms with Gasteiger partial charge in [0.1, 0.15) is 11.6 Å². The van der Waals surface area contributed by atoms with E-state index in [0.717, 1.165) is 19.3 Å². The Bertz CT molecular complexity index is 1220. The van der Waals surface area contributed by atoms with Crippen LogP contribution in [0.4, 0.5) is 5.69 Å². The maximum absolute atomic E-state index is 13.0. The Morgan fingerprint density at radius 2 is 1.77 bits per heavy atom. The Labute approximate surface area is 206 Å². The lowest BCUT2D eigenvalue weighted by molar-refractivity contribution is -0.112. The molecule has 1 N–H and O–H groups in total. The summed E-state index contributed by atoms with van der Waals surface area (Å²) < 4.78 is 43.7. The van der Waals surface area contributed by atoms with Crippen molar-refractivity contribution in [1.29, 1.82) is 5.26 Å². The summed E-state index contributed by atoms with van der Waals surface area (Å²) in [6.07, 6.45) is 4.06. The number of rotatable bonds is 9. The topological polar surface area (TPSA) is 118 Å². The van der Waals surface area contributed by atoms with Gasteiger partial charge in [0.05, 0.1) is 25.7 Å². The number of hydrogen-bond acceptors (Lipinski definition) is 7. The fraction of sp³-hybridized carbons (Fsp3) is 0.360. The highest BCUT2D eigenvalue weighted by Gasteiger charge is 2.26. The third-order valence-electron chi connectivity index (χ3n) is 5.49. The van der Waals surface area contributed by atoms with Crippen molar-refractivity contribution in [3.05, 3.63) is 47.5 Å². The summed E-state index contributed by atoms with van der Waals surface area (Å²) in [5.74, 6) is 0.535. The third kappa shape index (κ3) is 6.12. The van der Waals surface area contributed by atoms with Gasteiger partial charge in [0, 0.05) is 18.8 Å². The molecule has 1 aliphatic rings. The summed E-state index contributed by atoms with van der Waals surface area (Å²) >= 11 is 0. The van der Waals surface area contributed by atoms with Crippen LogP contribution < -0.4 is 19.5 Å². The molecule has 0 aliphatic carbocycles. The maximum atomic E-state index is 13.0. The Hall–Kier alpha value is -3.55. The minimum atomic E-state index is -3.66. The first-order valence-electron chi connectivity index (χ1n) is 11.3. The van der Waals surface area contributed by atoms with Crippen LogP contribution in [0.15, 0.2) is 46.9 Å². The fourth-order valence-corrected chi connectivity index (χ4v) is 5.34. The van der Waals surface area contributed by atoms with E-state index in [1.165, 1.54) is 36.7 Å². The highest BCUT2D eigenvalue weighted by Crippen LogP contribution is 2.39. The van der Waals surface area contributed by atoms with Gasteiger partial charge in [0.2, 0.25) is 15.8 Å². The molecule has 0 unspecified atom stereocenters. The highest BCUT2D eigenvalue weighted by molar-refractivity contribution is 7.89. The van der Waals surface area contributed by atoms with Crippen LogP contribution in [0.5, 0.6) is 17.2 Å². The van der Waals surface area contributed by atoms with Crippen molar-refractivity contribution >= 4 is 27.7 Å². The SMILES string of the molecule is CCOc1c(OC)cc(/C=C(/C#N)C(=O)Nc2cccc(S(=O)(=O)N3CCCCC3)c2)cc1OC. The average molecular weight is 500 g/mol. The first-order chi connectivity index (χ1) is 16.8. The summed E-state index contributed by atoms with van der Waals surface area (Å²) in [6.45, 7) is 3.20. The van der Waals surface area contributed by atoms with Crippen molar-refractivity contribution in [3.8, 4) is 23.3 Å². The van der Waals surface area contributed by atoms with E-state index in [1.54, 1.807) is 24.3 Å². The molecule has 0 bridgehead atoms. The van der Waals surface area contributed by atoms with Gasteiger partial charge >= 0.3 is 0 Å². The number of hydrogen-bond donors (Lipinski definition) is 1. The van der Waals surface area contributed by atoms with E-state index in [2.05, 4.69) is 5.32 Å². The van der Waals surface area contributed by atoms with Crippen LogP contribution in [0, 0.1) is 11.3 Å². The molecule has 0 atom stereocenters. The van der Waals surface area contributed by atoms with Crippen LogP contribution in [-0.4, -0.2) is 52.5 Å². The molecule has 0 aromatic heterocycles. The monoisotopic (exact) mass is 499 g/mol. The van der Waals surface area contributed by atoms with Gasteiger partial charge in [0.15, 0.2) is 11.5 Å². The number of nitrogens with one attached hydrogen (secondary N) is 1. The quantitative estimate of drug-likeness (QED) is 0.412. The first-order valence-corrected chi connectivity index (χ1v) is 12.7. The van der Waals surface area contributed by atoms with Gasteiger partial charge in [-0.25, -0.2) is 8.42 Å². The molecule has 1 fully saturated rings.